The molecule has 0 unspecified atom stereocenters. The number of rotatable bonds is 5. The Morgan fingerprint density at radius 2 is 1.96 bits per heavy atom. The van der Waals surface area contributed by atoms with Crippen molar-refractivity contribution in [2.75, 3.05) is 7.05 Å². The summed E-state index contributed by atoms with van der Waals surface area (Å²) in [5.41, 5.74) is 2.81. The molecule has 0 aliphatic carbocycles. The number of nitrogens with zero attached hydrogens (tertiary/aromatic N) is 2. The number of fused-ring (bicyclic) bond motifs is 2. The van der Waals surface area contributed by atoms with Crippen LogP contribution in [0.3, 0.4) is 0 Å². The minimum Gasteiger partial charge on any atom is -0.460 e. The van der Waals surface area contributed by atoms with Crippen molar-refractivity contribution in [1.82, 2.24) is 9.88 Å². The van der Waals surface area contributed by atoms with Crippen LogP contribution in [0.1, 0.15) is 23.3 Å². The van der Waals surface area contributed by atoms with Crippen molar-refractivity contribution in [3.8, 4) is 0 Å². The van der Waals surface area contributed by atoms with Gasteiger partial charge in [0.05, 0.1) is 16.8 Å². The van der Waals surface area contributed by atoms with Crippen molar-refractivity contribution in [1.29, 1.82) is 0 Å². The van der Waals surface area contributed by atoms with Crippen molar-refractivity contribution in [3.05, 3.63) is 70.9 Å². The number of likely N-dealkylation sites (N-methyl/N-ethyl adjacent to an activating group) is 1. The van der Waals surface area contributed by atoms with Crippen LogP contribution in [0.5, 0.6) is 0 Å². The number of para-hydroxylation sites is 2. The zero-order valence-electron chi connectivity index (χ0n) is 15.3. The predicted molar refractivity (Wildman–Crippen MR) is 111 cm³/mol. The van der Waals surface area contributed by atoms with Crippen molar-refractivity contribution in [2.45, 2.75) is 19.9 Å². The van der Waals surface area contributed by atoms with E-state index in [1.165, 1.54) is 0 Å². The number of thiazole rings is 1. The molecule has 2 aromatic heterocycles. The first-order valence-corrected chi connectivity index (χ1v) is 9.75. The first-order chi connectivity index (χ1) is 13.2. The van der Waals surface area contributed by atoms with E-state index in [4.69, 9.17) is 4.42 Å². The molecule has 0 fully saturated rings. The lowest BCUT2D eigenvalue weighted by Gasteiger charge is -2.12. The molecular formula is C22H20N2O2S. The molecule has 4 rings (SSSR count). The normalized spacial score (nSPS) is 11.6. The third-order valence-electron chi connectivity index (χ3n) is 4.51. The van der Waals surface area contributed by atoms with E-state index in [2.05, 4.69) is 18.0 Å². The van der Waals surface area contributed by atoms with Crippen LogP contribution in [0.4, 0.5) is 0 Å². The van der Waals surface area contributed by atoms with E-state index in [1.54, 1.807) is 29.4 Å². The fourth-order valence-electron chi connectivity index (χ4n) is 3.11. The highest BCUT2D eigenvalue weighted by atomic mass is 32.1. The lowest BCUT2D eigenvalue weighted by atomic mass is 10.1. The second kappa shape index (κ2) is 7.37. The third kappa shape index (κ3) is 3.51. The summed E-state index contributed by atoms with van der Waals surface area (Å²) in [6.45, 7) is 2.55. The molecule has 4 aromatic rings. The van der Waals surface area contributed by atoms with Crippen LogP contribution in [0.25, 0.3) is 27.3 Å². The molecule has 5 heteroatoms. The number of amides is 1. The first-order valence-electron chi connectivity index (χ1n) is 8.93. The van der Waals surface area contributed by atoms with Crippen LogP contribution >= 0.6 is 11.3 Å². The Morgan fingerprint density at radius 1 is 1.19 bits per heavy atom. The average molecular weight is 376 g/mol. The molecule has 0 saturated heterocycles. The van der Waals surface area contributed by atoms with Crippen molar-refractivity contribution < 1.29 is 9.21 Å². The third-order valence-corrected chi connectivity index (χ3v) is 5.53. The Kier molecular flexibility index (Phi) is 4.77. The fourth-order valence-corrected chi connectivity index (χ4v) is 4.13. The van der Waals surface area contributed by atoms with Gasteiger partial charge in [-0.25, -0.2) is 4.98 Å². The molecule has 27 heavy (non-hydrogen) atoms. The minimum absolute atomic E-state index is 0.0541. The molecule has 1 amide bonds. The molecule has 2 aromatic carbocycles. The summed E-state index contributed by atoms with van der Waals surface area (Å²) in [4.78, 5) is 18.9. The average Bonchev–Trinajstić information content (AvgIpc) is 3.26. The van der Waals surface area contributed by atoms with Gasteiger partial charge in [-0.1, -0.05) is 37.3 Å². The second-order valence-electron chi connectivity index (χ2n) is 6.39. The largest absolute Gasteiger partial charge is 0.460 e. The number of carbonyl (C=O) groups is 1. The number of furan rings is 1. The smallest absolute Gasteiger partial charge is 0.246 e. The molecule has 0 saturated carbocycles. The van der Waals surface area contributed by atoms with Crippen LogP contribution in [0, 0.1) is 0 Å². The Bertz CT molecular complexity index is 1110. The fraction of sp³-hybridized carbons (Fsp3) is 0.182. The molecule has 136 valence electrons. The van der Waals surface area contributed by atoms with Gasteiger partial charge in [0.1, 0.15) is 16.4 Å². The summed E-state index contributed by atoms with van der Waals surface area (Å²) in [5, 5.41) is 1.97. The first kappa shape index (κ1) is 17.5. The molecule has 0 aliphatic rings. The van der Waals surface area contributed by atoms with Crippen molar-refractivity contribution >= 4 is 44.5 Å². The topological polar surface area (TPSA) is 46.3 Å². The number of hydrogen-bond acceptors (Lipinski definition) is 4. The Hall–Kier alpha value is -2.92. The molecule has 4 nitrogen and oxygen atoms in total. The monoisotopic (exact) mass is 376 g/mol. The van der Waals surface area contributed by atoms with E-state index in [-0.39, 0.29) is 5.91 Å². The molecule has 0 radical (unpaired) electrons. The van der Waals surface area contributed by atoms with Gasteiger partial charge < -0.3 is 9.32 Å². The van der Waals surface area contributed by atoms with Crippen LogP contribution in [-0.4, -0.2) is 22.8 Å². The number of carbonyl (C=O) groups excluding carboxylic acids is 1. The van der Waals surface area contributed by atoms with E-state index < -0.39 is 0 Å². The lowest BCUT2D eigenvalue weighted by molar-refractivity contribution is -0.125. The summed E-state index contributed by atoms with van der Waals surface area (Å²) in [7, 11) is 1.80. The van der Waals surface area contributed by atoms with E-state index >= 15 is 0 Å². The zero-order valence-corrected chi connectivity index (χ0v) is 16.1. The Labute approximate surface area is 161 Å². The summed E-state index contributed by atoms with van der Waals surface area (Å²) in [6, 6.07) is 15.9. The van der Waals surface area contributed by atoms with Gasteiger partial charge in [0.25, 0.3) is 0 Å². The molecule has 0 aliphatic heterocycles. The van der Waals surface area contributed by atoms with Crippen LogP contribution in [0.2, 0.25) is 0 Å². The quantitative estimate of drug-likeness (QED) is 0.445. The Balaban J connectivity index is 1.53. The predicted octanol–water partition coefficient (Wildman–Crippen LogP) is 5.28. The summed E-state index contributed by atoms with van der Waals surface area (Å²) in [6.07, 6.45) is 4.26. The van der Waals surface area contributed by atoms with Gasteiger partial charge in [-0.3, -0.25) is 4.79 Å². The highest BCUT2D eigenvalue weighted by Gasteiger charge is 2.13. The second-order valence-corrected chi connectivity index (χ2v) is 7.51. The number of hydrogen-bond donors (Lipinski definition) is 0. The molecule has 2 heterocycles. The summed E-state index contributed by atoms with van der Waals surface area (Å²) in [5.74, 6) is 0.843. The van der Waals surface area contributed by atoms with E-state index in [0.717, 1.165) is 43.9 Å². The van der Waals surface area contributed by atoms with Crippen LogP contribution in [-0.2, 0) is 17.8 Å². The number of aryl methyl sites for hydroxylation is 1. The minimum atomic E-state index is -0.0541. The standard InChI is InChI=1S/C22H20N2O2S/c1-3-18-16(15-8-4-6-10-19(15)26-18)12-13-22(25)24(2)14-21-23-17-9-5-7-11-20(17)27-21/h4-13H,3,14H2,1-2H3/b13-12+. The van der Waals surface area contributed by atoms with Crippen LogP contribution in [0.15, 0.2) is 59.0 Å². The molecule has 0 N–H and O–H groups in total. The van der Waals surface area contributed by atoms with E-state index in [0.29, 0.717) is 6.54 Å². The summed E-state index contributed by atoms with van der Waals surface area (Å²) >= 11 is 1.62. The zero-order chi connectivity index (χ0) is 18.8. The highest BCUT2D eigenvalue weighted by Crippen LogP contribution is 2.27. The lowest BCUT2D eigenvalue weighted by Crippen LogP contribution is -2.23. The van der Waals surface area contributed by atoms with E-state index in [9.17, 15) is 4.79 Å². The van der Waals surface area contributed by atoms with Crippen molar-refractivity contribution in [2.24, 2.45) is 0 Å². The maximum atomic E-state index is 12.6. The van der Waals surface area contributed by atoms with Gasteiger partial charge in [0.15, 0.2) is 0 Å². The van der Waals surface area contributed by atoms with Gasteiger partial charge in [0, 0.05) is 30.5 Å². The van der Waals surface area contributed by atoms with E-state index in [1.807, 2.05) is 48.5 Å². The van der Waals surface area contributed by atoms with Gasteiger partial charge >= 0.3 is 0 Å². The highest BCUT2D eigenvalue weighted by molar-refractivity contribution is 7.18. The molecule has 0 bridgehead atoms. The summed E-state index contributed by atoms with van der Waals surface area (Å²) < 4.78 is 7.03. The molecule has 0 atom stereocenters. The maximum Gasteiger partial charge on any atom is 0.246 e. The van der Waals surface area contributed by atoms with Gasteiger partial charge in [0.2, 0.25) is 5.91 Å². The van der Waals surface area contributed by atoms with Gasteiger partial charge in [-0.05, 0) is 24.3 Å². The molecule has 0 spiro atoms. The van der Waals surface area contributed by atoms with Gasteiger partial charge in [-0.2, -0.15) is 0 Å². The van der Waals surface area contributed by atoms with Gasteiger partial charge in [-0.15, -0.1) is 11.3 Å². The Morgan fingerprint density at radius 3 is 2.78 bits per heavy atom. The van der Waals surface area contributed by atoms with Crippen LogP contribution < -0.4 is 0 Å². The number of benzene rings is 2. The molecular weight excluding hydrogens is 356 g/mol. The SMILES string of the molecule is CCc1oc2ccccc2c1/C=C/C(=O)N(C)Cc1nc2ccccc2s1. The maximum absolute atomic E-state index is 12.6. The number of aromatic nitrogens is 1. The van der Waals surface area contributed by atoms with Crippen molar-refractivity contribution in [3.63, 3.8) is 0 Å².